The van der Waals surface area contributed by atoms with Crippen molar-refractivity contribution < 1.29 is 19.4 Å². The summed E-state index contributed by atoms with van der Waals surface area (Å²) in [6.07, 6.45) is 4.57. The Hall–Kier alpha value is -2.40. The van der Waals surface area contributed by atoms with Gasteiger partial charge in [-0.2, -0.15) is 0 Å². The van der Waals surface area contributed by atoms with E-state index in [-0.39, 0.29) is 11.9 Å². The van der Waals surface area contributed by atoms with E-state index in [2.05, 4.69) is 6.58 Å². The predicted molar refractivity (Wildman–Crippen MR) is 96.4 cm³/mol. The summed E-state index contributed by atoms with van der Waals surface area (Å²) >= 11 is 0. The third kappa shape index (κ3) is 2.42. The van der Waals surface area contributed by atoms with Gasteiger partial charge in [-0.05, 0) is 25.3 Å². The summed E-state index contributed by atoms with van der Waals surface area (Å²) in [6.45, 7) is 6.49. The van der Waals surface area contributed by atoms with Gasteiger partial charge in [0.25, 0.3) is 0 Å². The number of aliphatic carboxylic acids is 1. The van der Waals surface area contributed by atoms with Crippen LogP contribution in [0.2, 0.25) is 0 Å². The van der Waals surface area contributed by atoms with E-state index in [1.54, 1.807) is 0 Å². The highest BCUT2D eigenvalue weighted by Gasteiger charge is 2.70. The molecule has 5 atom stereocenters. The molecule has 2 bridgehead atoms. The molecule has 2 fully saturated rings. The highest BCUT2D eigenvalue weighted by atomic mass is 16.5. The molecule has 3 aliphatic rings. The molecule has 136 valence electrons. The van der Waals surface area contributed by atoms with Gasteiger partial charge in [-0.15, -0.1) is 6.58 Å². The van der Waals surface area contributed by atoms with Gasteiger partial charge in [-0.1, -0.05) is 48.1 Å². The van der Waals surface area contributed by atoms with Crippen LogP contribution in [0.3, 0.4) is 0 Å². The topological polar surface area (TPSA) is 66.8 Å². The Balaban J connectivity index is 1.65. The van der Waals surface area contributed by atoms with E-state index >= 15 is 0 Å². The second-order valence-electron chi connectivity index (χ2n) is 7.58. The van der Waals surface area contributed by atoms with Crippen molar-refractivity contribution in [2.45, 2.75) is 37.5 Å². The van der Waals surface area contributed by atoms with Gasteiger partial charge in [-0.25, -0.2) is 0 Å². The van der Waals surface area contributed by atoms with Crippen LogP contribution in [0.15, 0.2) is 54.6 Å². The van der Waals surface area contributed by atoms with Crippen LogP contribution in [0.25, 0.3) is 0 Å². The van der Waals surface area contributed by atoms with Crippen molar-refractivity contribution in [2.24, 2.45) is 11.8 Å². The fourth-order valence-electron chi connectivity index (χ4n) is 4.76. The van der Waals surface area contributed by atoms with Crippen molar-refractivity contribution in [2.75, 3.05) is 6.54 Å². The molecule has 2 saturated heterocycles. The monoisotopic (exact) mass is 353 g/mol. The van der Waals surface area contributed by atoms with Crippen LogP contribution in [0.4, 0.5) is 0 Å². The minimum absolute atomic E-state index is 0.105. The number of carboxylic acids is 1. The summed E-state index contributed by atoms with van der Waals surface area (Å²) in [7, 11) is 0. The fraction of sp³-hybridized carbons (Fsp3) is 0.429. The van der Waals surface area contributed by atoms with E-state index in [0.717, 1.165) is 17.6 Å². The SMILES string of the molecule is C=C(C)C[C@@H]1N(CCc2ccccc2)C(=O)[C@@H]2[C@H](C(=O)O)[C@H]3C=C[C@]21O3. The molecule has 0 aliphatic carbocycles. The highest BCUT2D eigenvalue weighted by Crippen LogP contribution is 2.55. The second kappa shape index (κ2) is 6.09. The van der Waals surface area contributed by atoms with Crippen LogP contribution in [0.1, 0.15) is 18.9 Å². The molecule has 1 spiro atoms. The van der Waals surface area contributed by atoms with E-state index in [1.807, 2.05) is 54.3 Å². The van der Waals surface area contributed by atoms with Crippen molar-refractivity contribution in [3.63, 3.8) is 0 Å². The van der Waals surface area contributed by atoms with Gasteiger partial charge in [0.2, 0.25) is 5.91 Å². The number of hydrogen-bond acceptors (Lipinski definition) is 3. The van der Waals surface area contributed by atoms with Gasteiger partial charge in [0.1, 0.15) is 11.5 Å². The highest BCUT2D eigenvalue weighted by molar-refractivity contribution is 5.91. The number of likely N-dealkylation sites (tertiary alicyclic amines) is 1. The first-order chi connectivity index (χ1) is 12.4. The Kier molecular flexibility index (Phi) is 3.99. The molecule has 26 heavy (non-hydrogen) atoms. The molecule has 0 aromatic heterocycles. The molecule has 3 heterocycles. The van der Waals surface area contributed by atoms with E-state index in [0.29, 0.717) is 13.0 Å². The number of nitrogens with zero attached hydrogens (tertiary/aromatic N) is 1. The number of rotatable bonds is 6. The molecule has 5 nitrogen and oxygen atoms in total. The number of amides is 1. The molecular weight excluding hydrogens is 330 g/mol. The minimum atomic E-state index is -0.960. The van der Waals surface area contributed by atoms with E-state index in [4.69, 9.17) is 4.74 Å². The van der Waals surface area contributed by atoms with Crippen LogP contribution in [0.5, 0.6) is 0 Å². The number of fused-ring (bicyclic) bond motifs is 1. The van der Waals surface area contributed by atoms with E-state index in [1.165, 1.54) is 0 Å². The number of ether oxygens (including phenoxy) is 1. The maximum Gasteiger partial charge on any atom is 0.310 e. The average molecular weight is 353 g/mol. The van der Waals surface area contributed by atoms with Gasteiger partial charge in [0, 0.05) is 6.54 Å². The third-order valence-electron chi connectivity index (χ3n) is 5.84. The summed E-state index contributed by atoms with van der Waals surface area (Å²) in [6, 6.07) is 9.80. The molecule has 5 heteroatoms. The Morgan fingerprint density at radius 2 is 2.08 bits per heavy atom. The smallest absolute Gasteiger partial charge is 0.310 e. The normalized spacial score (nSPS) is 34.3. The van der Waals surface area contributed by atoms with Crippen molar-refractivity contribution in [3.8, 4) is 0 Å². The van der Waals surface area contributed by atoms with Gasteiger partial charge in [0.15, 0.2) is 0 Å². The lowest BCUT2D eigenvalue weighted by molar-refractivity contribution is -0.148. The molecule has 0 unspecified atom stereocenters. The fourth-order valence-corrected chi connectivity index (χ4v) is 4.76. The van der Waals surface area contributed by atoms with Crippen LogP contribution < -0.4 is 0 Å². The summed E-state index contributed by atoms with van der Waals surface area (Å²) in [5.41, 5.74) is 1.28. The van der Waals surface area contributed by atoms with E-state index in [9.17, 15) is 14.7 Å². The lowest BCUT2D eigenvalue weighted by Gasteiger charge is -2.33. The number of carboxylic acid groups (broad SMARTS) is 1. The molecule has 3 aliphatic heterocycles. The molecule has 0 radical (unpaired) electrons. The molecule has 1 amide bonds. The lowest BCUT2D eigenvalue weighted by atomic mass is 9.74. The number of benzene rings is 1. The Morgan fingerprint density at radius 1 is 1.35 bits per heavy atom. The Morgan fingerprint density at radius 3 is 2.73 bits per heavy atom. The van der Waals surface area contributed by atoms with Crippen LogP contribution in [0, 0.1) is 11.8 Å². The van der Waals surface area contributed by atoms with Gasteiger partial charge >= 0.3 is 5.97 Å². The van der Waals surface area contributed by atoms with Crippen molar-refractivity contribution in [1.29, 1.82) is 0 Å². The predicted octanol–water partition coefficient (Wildman–Crippen LogP) is 2.43. The van der Waals surface area contributed by atoms with Crippen molar-refractivity contribution in [3.05, 3.63) is 60.2 Å². The van der Waals surface area contributed by atoms with E-state index < -0.39 is 29.5 Å². The molecule has 1 aromatic carbocycles. The zero-order valence-electron chi connectivity index (χ0n) is 14.8. The molecule has 1 aromatic rings. The lowest BCUT2D eigenvalue weighted by Crippen LogP contribution is -2.45. The first-order valence-electron chi connectivity index (χ1n) is 9.03. The van der Waals surface area contributed by atoms with Gasteiger partial charge in [0.05, 0.1) is 18.1 Å². The molecule has 0 saturated carbocycles. The summed E-state index contributed by atoms with van der Waals surface area (Å²) in [4.78, 5) is 26.8. The summed E-state index contributed by atoms with van der Waals surface area (Å²) < 4.78 is 6.13. The standard InChI is InChI=1S/C21H23NO4/c1-13(2)12-16-21-10-8-15(26-21)17(20(24)25)18(21)19(23)22(16)11-9-14-6-4-3-5-7-14/h3-8,10,15-18H,1,9,11-12H2,2H3,(H,24,25)/t15-,16+,17-,18+,21-/m1/s1. The number of carbonyl (C=O) groups is 2. The van der Waals surface area contributed by atoms with Gasteiger partial charge in [-0.3, -0.25) is 9.59 Å². The number of hydrogen-bond donors (Lipinski definition) is 1. The maximum atomic E-state index is 13.2. The molecular formula is C21H23NO4. The average Bonchev–Trinajstić information content (AvgIpc) is 3.24. The largest absolute Gasteiger partial charge is 0.481 e. The van der Waals surface area contributed by atoms with Crippen LogP contribution >= 0.6 is 0 Å². The molecule has 1 N–H and O–H groups in total. The van der Waals surface area contributed by atoms with Crippen molar-refractivity contribution in [1.82, 2.24) is 4.90 Å². The quantitative estimate of drug-likeness (QED) is 0.798. The van der Waals surface area contributed by atoms with Gasteiger partial charge < -0.3 is 14.7 Å². The minimum Gasteiger partial charge on any atom is -0.481 e. The zero-order valence-corrected chi connectivity index (χ0v) is 14.8. The number of carbonyl (C=O) groups excluding carboxylic acids is 1. The van der Waals surface area contributed by atoms with Crippen LogP contribution in [-0.4, -0.2) is 46.2 Å². The Bertz CT molecular complexity index is 786. The first-order valence-corrected chi connectivity index (χ1v) is 9.03. The van der Waals surface area contributed by atoms with Crippen LogP contribution in [-0.2, 0) is 20.7 Å². The third-order valence-corrected chi connectivity index (χ3v) is 5.84. The second-order valence-corrected chi connectivity index (χ2v) is 7.58. The summed E-state index contributed by atoms with van der Waals surface area (Å²) in [5.74, 6) is -2.51. The zero-order chi connectivity index (χ0) is 18.5. The molecule has 4 rings (SSSR count). The maximum absolute atomic E-state index is 13.2. The van der Waals surface area contributed by atoms with Crippen molar-refractivity contribution >= 4 is 11.9 Å². The Labute approximate surface area is 152 Å². The first kappa shape index (κ1) is 17.0. The summed E-state index contributed by atoms with van der Waals surface area (Å²) in [5, 5.41) is 9.66.